The standard InChI is InChI=1S/C30H27Cl2N3O4S/c1-21-9-15-27(16-10-21)40(37,38)35(29-8-4-7-28(32)22(29)2)19-30(36)34-33-18-23-11-13-26(14-12-23)39-20-24-5-3-6-25(31)17-24/h3-18H,19-20H2,1-2H3,(H,34,36)/b33-18-. The predicted molar refractivity (Wildman–Crippen MR) is 160 cm³/mol. The van der Waals surface area contributed by atoms with Crippen LogP contribution in [0.4, 0.5) is 5.69 Å². The Kier molecular flexibility index (Phi) is 9.47. The summed E-state index contributed by atoms with van der Waals surface area (Å²) in [5.74, 6) is 0.0443. The van der Waals surface area contributed by atoms with Crippen molar-refractivity contribution in [2.75, 3.05) is 10.8 Å². The lowest BCUT2D eigenvalue weighted by Gasteiger charge is -2.25. The quantitative estimate of drug-likeness (QED) is 0.167. The van der Waals surface area contributed by atoms with Gasteiger partial charge in [-0.1, -0.05) is 59.1 Å². The molecule has 0 aliphatic heterocycles. The van der Waals surface area contributed by atoms with Crippen LogP contribution in [-0.4, -0.2) is 27.1 Å². The van der Waals surface area contributed by atoms with Crippen molar-refractivity contribution in [2.24, 2.45) is 5.10 Å². The van der Waals surface area contributed by atoms with Crippen LogP contribution in [0.3, 0.4) is 0 Å². The molecule has 0 aromatic heterocycles. The average molecular weight is 597 g/mol. The van der Waals surface area contributed by atoms with Gasteiger partial charge in [0, 0.05) is 10.0 Å². The molecule has 0 atom stereocenters. The lowest BCUT2D eigenvalue weighted by atomic mass is 10.2. The summed E-state index contributed by atoms with van der Waals surface area (Å²) < 4.78 is 34.0. The van der Waals surface area contributed by atoms with Crippen LogP contribution in [0.25, 0.3) is 0 Å². The number of aryl methyl sites for hydroxylation is 1. The lowest BCUT2D eigenvalue weighted by Crippen LogP contribution is -2.40. The van der Waals surface area contributed by atoms with E-state index in [1.807, 2.05) is 25.1 Å². The first-order valence-electron chi connectivity index (χ1n) is 12.3. The highest BCUT2D eigenvalue weighted by atomic mass is 35.5. The van der Waals surface area contributed by atoms with E-state index in [0.717, 1.165) is 15.4 Å². The summed E-state index contributed by atoms with van der Waals surface area (Å²) >= 11 is 12.3. The number of rotatable bonds is 10. The highest BCUT2D eigenvalue weighted by Gasteiger charge is 2.28. The molecule has 0 fully saturated rings. The van der Waals surface area contributed by atoms with E-state index in [-0.39, 0.29) is 4.90 Å². The maximum atomic E-state index is 13.6. The topological polar surface area (TPSA) is 88.1 Å². The van der Waals surface area contributed by atoms with Gasteiger partial charge < -0.3 is 4.74 Å². The minimum Gasteiger partial charge on any atom is -0.489 e. The van der Waals surface area contributed by atoms with Crippen molar-refractivity contribution in [3.05, 3.63) is 123 Å². The molecule has 1 N–H and O–H groups in total. The minimum atomic E-state index is -4.07. The zero-order valence-electron chi connectivity index (χ0n) is 21.8. The molecule has 0 radical (unpaired) electrons. The molecule has 4 rings (SSSR count). The molecule has 0 unspecified atom stereocenters. The number of nitrogens with zero attached hydrogens (tertiary/aromatic N) is 2. The Bertz CT molecular complexity index is 1620. The number of hydrogen-bond donors (Lipinski definition) is 1. The van der Waals surface area contributed by atoms with E-state index in [0.29, 0.717) is 39.2 Å². The maximum absolute atomic E-state index is 13.6. The molecule has 10 heteroatoms. The monoisotopic (exact) mass is 595 g/mol. The van der Waals surface area contributed by atoms with Crippen molar-refractivity contribution >= 4 is 51.0 Å². The smallest absolute Gasteiger partial charge is 0.264 e. The number of anilines is 1. The van der Waals surface area contributed by atoms with E-state index in [1.54, 1.807) is 67.6 Å². The number of carbonyl (C=O) groups is 1. The summed E-state index contributed by atoms with van der Waals surface area (Å²) in [6.45, 7) is 3.44. The summed E-state index contributed by atoms with van der Waals surface area (Å²) in [6, 6.07) is 25.9. The van der Waals surface area contributed by atoms with Crippen LogP contribution in [0.5, 0.6) is 5.75 Å². The van der Waals surface area contributed by atoms with Crippen molar-refractivity contribution in [3.63, 3.8) is 0 Å². The number of hydrazone groups is 1. The molecule has 0 aliphatic carbocycles. The van der Waals surface area contributed by atoms with Gasteiger partial charge in [0.05, 0.1) is 16.8 Å². The first kappa shape index (κ1) is 29.1. The van der Waals surface area contributed by atoms with Gasteiger partial charge in [-0.05, 0) is 91.2 Å². The van der Waals surface area contributed by atoms with Gasteiger partial charge in [0.2, 0.25) is 0 Å². The SMILES string of the molecule is Cc1ccc(S(=O)(=O)N(CC(=O)N/N=C\c2ccc(OCc3cccc(Cl)c3)cc2)c2cccc(Cl)c2C)cc1. The summed E-state index contributed by atoms with van der Waals surface area (Å²) in [4.78, 5) is 12.9. The Hall–Kier alpha value is -3.85. The van der Waals surface area contributed by atoms with E-state index in [4.69, 9.17) is 27.9 Å². The van der Waals surface area contributed by atoms with Gasteiger partial charge in [0.25, 0.3) is 15.9 Å². The Labute approximate surface area is 244 Å². The second-order valence-electron chi connectivity index (χ2n) is 8.99. The molecule has 4 aromatic carbocycles. The van der Waals surface area contributed by atoms with Crippen molar-refractivity contribution in [3.8, 4) is 5.75 Å². The third-order valence-corrected chi connectivity index (χ3v) is 8.40. The molecule has 0 saturated heterocycles. The maximum Gasteiger partial charge on any atom is 0.264 e. The highest BCUT2D eigenvalue weighted by molar-refractivity contribution is 7.92. The number of nitrogens with one attached hydrogen (secondary N) is 1. The fourth-order valence-corrected chi connectivity index (χ4v) is 5.65. The number of hydrogen-bond acceptors (Lipinski definition) is 5. The fraction of sp³-hybridized carbons (Fsp3) is 0.133. The summed E-state index contributed by atoms with van der Waals surface area (Å²) in [5.41, 5.74) is 5.83. The van der Waals surface area contributed by atoms with Crippen LogP contribution >= 0.6 is 23.2 Å². The summed E-state index contributed by atoms with van der Waals surface area (Å²) in [7, 11) is -4.07. The van der Waals surface area contributed by atoms with Crippen LogP contribution in [-0.2, 0) is 21.4 Å². The lowest BCUT2D eigenvalue weighted by molar-refractivity contribution is -0.119. The van der Waals surface area contributed by atoms with Crippen LogP contribution in [0.15, 0.2) is 101 Å². The number of sulfonamides is 1. The first-order valence-corrected chi connectivity index (χ1v) is 14.5. The highest BCUT2D eigenvalue weighted by Crippen LogP contribution is 2.31. The zero-order valence-corrected chi connectivity index (χ0v) is 24.2. The number of benzene rings is 4. The number of halogens is 2. The van der Waals surface area contributed by atoms with E-state index in [2.05, 4.69) is 10.5 Å². The summed E-state index contributed by atoms with van der Waals surface area (Å²) in [6.07, 6.45) is 1.46. The predicted octanol–water partition coefficient (Wildman–Crippen LogP) is 6.53. The van der Waals surface area contributed by atoms with Crippen LogP contribution in [0.2, 0.25) is 10.0 Å². The Balaban J connectivity index is 1.43. The molecule has 206 valence electrons. The van der Waals surface area contributed by atoms with E-state index < -0.39 is 22.5 Å². The van der Waals surface area contributed by atoms with Crippen molar-refractivity contribution < 1.29 is 17.9 Å². The van der Waals surface area contributed by atoms with E-state index in [9.17, 15) is 13.2 Å². The van der Waals surface area contributed by atoms with Gasteiger partial charge in [-0.2, -0.15) is 5.10 Å². The zero-order chi connectivity index (χ0) is 28.7. The van der Waals surface area contributed by atoms with E-state index >= 15 is 0 Å². The second kappa shape index (κ2) is 13.0. The number of ether oxygens (including phenoxy) is 1. The van der Waals surface area contributed by atoms with Crippen molar-refractivity contribution in [1.82, 2.24) is 5.43 Å². The normalized spacial score (nSPS) is 11.4. The molecule has 1 amide bonds. The fourth-order valence-electron chi connectivity index (χ4n) is 3.79. The number of carbonyl (C=O) groups excluding carboxylic acids is 1. The van der Waals surface area contributed by atoms with Gasteiger partial charge in [0.15, 0.2) is 0 Å². The Morgan fingerprint density at radius 1 is 0.950 bits per heavy atom. The molecular formula is C30H27Cl2N3O4S. The third-order valence-electron chi connectivity index (χ3n) is 5.98. The van der Waals surface area contributed by atoms with Crippen LogP contribution in [0, 0.1) is 13.8 Å². The Morgan fingerprint density at radius 3 is 2.35 bits per heavy atom. The summed E-state index contributed by atoms with van der Waals surface area (Å²) in [5, 5.41) is 5.04. The molecular weight excluding hydrogens is 569 g/mol. The molecule has 0 bridgehead atoms. The Morgan fingerprint density at radius 2 is 1.65 bits per heavy atom. The van der Waals surface area contributed by atoms with Gasteiger partial charge in [-0.15, -0.1) is 0 Å². The first-order chi connectivity index (χ1) is 19.1. The van der Waals surface area contributed by atoms with Crippen LogP contribution in [0.1, 0.15) is 22.3 Å². The largest absolute Gasteiger partial charge is 0.489 e. The molecule has 40 heavy (non-hydrogen) atoms. The molecule has 4 aromatic rings. The van der Waals surface area contributed by atoms with Gasteiger partial charge in [-0.3, -0.25) is 9.10 Å². The molecule has 0 spiro atoms. The minimum absolute atomic E-state index is 0.0615. The van der Waals surface area contributed by atoms with Crippen molar-refractivity contribution in [1.29, 1.82) is 0 Å². The van der Waals surface area contributed by atoms with Crippen molar-refractivity contribution in [2.45, 2.75) is 25.3 Å². The number of amides is 1. The third kappa shape index (κ3) is 7.41. The molecule has 7 nitrogen and oxygen atoms in total. The van der Waals surface area contributed by atoms with Gasteiger partial charge >= 0.3 is 0 Å². The molecule has 0 aliphatic rings. The molecule has 0 saturated carbocycles. The average Bonchev–Trinajstić information content (AvgIpc) is 2.93. The second-order valence-corrected chi connectivity index (χ2v) is 11.7. The molecule has 0 heterocycles. The van der Waals surface area contributed by atoms with Crippen LogP contribution < -0.4 is 14.5 Å². The van der Waals surface area contributed by atoms with E-state index in [1.165, 1.54) is 18.3 Å². The van der Waals surface area contributed by atoms with Gasteiger partial charge in [0.1, 0.15) is 18.9 Å². The van der Waals surface area contributed by atoms with Gasteiger partial charge in [-0.25, -0.2) is 13.8 Å².